The Morgan fingerprint density at radius 1 is 1.52 bits per heavy atom. The molecule has 0 aliphatic carbocycles. The Bertz CT molecular complexity index is 513. The smallest absolute Gasteiger partial charge is 0.326 e. The number of thiophene rings is 1. The average molecular weight is 310 g/mol. The van der Waals surface area contributed by atoms with E-state index in [1.54, 1.807) is 23.6 Å². The minimum atomic E-state index is -1.10. The zero-order chi connectivity index (χ0) is 15.8. The summed E-state index contributed by atoms with van der Waals surface area (Å²) in [5.74, 6) is -1.87. The van der Waals surface area contributed by atoms with Crippen LogP contribution in [-0.4, -0.2) is 47.4 Å². The number of carbonyl (C=O) groups excluding carboxylic acids is 2. The molecule has 1 aromatic rings. The van der Waals surface area contributed by atoms with E-state index >= 15 is 0 Å². The molecule has 1 aromatic heterocycles. The maximum atomic E-state index is 12.0. The van der Waals surface area contributed by atoms with Crippen molar-refractivity contribution in [1.82, 2.24) is 10.2 Å². The van der Waals surface area contributed by atoms with Crippen LogP contribution < -0.4 is 5.32 Å². The van der Waals surface area contributed by atoms with Crippen LogP contribution in [0.5, 0.6) is 0 Å². The molecule has 0 radical (unpaired) electrons. The molecular formula is C14H18N2O4S. The highest BCUT2D eigenvalue weighted by Gasteiger charge is 2.21. The number of allylic oxidation sites excluding steroid dienone is 1. The summed E-state index contributed by atoms with van der Waals surface area (Å²) in [5, 5.41) is 13.2. The molecule has 0 fully saturated rings. The van der Waals surface area contributed by atoms with Crippen LogP contribution in [0.25, 0.3) is 0 Å². The predicted molar refractivity (Wildman–Crippen MR) is 80.3 cm³/mol. The third-order valence-electron chi connectivity index (χ3n) is 2.75. The number of hydrogen-bond acceptors (Lipinski definition) is 4. The molecule has 0 aliphatic rings. The first-order valence-electron chi connectivity index (χ1n) is 6.37. The maximum absolute atomic E-state index is 12.0. The Kier molecular flexibility index (Phi) is 6.61. The van der Waals surface area contributed by atoms with Crippen molar-refractivity contribution >= 4 is 29.1 Å². The number of nitrogens with zero attached hydrogens (tertiary/aromatic N) is 1. The summed E-state index contributed by atoms with van der Waals surface area (Å²) in [4.78, 5) is 36.6. The molecule has 2 amide bonds. The average Bonchev–Trinajstić information content (AvgIpc) is 2.96. The summed E-state index contributed by atoms with van der Waals surface area (Å²) in [5.41, 5.74) is 0. The van der Waals surface area contributed by atoms with Gasteiger partial charge in [-0.05, 0) is 24.3 Å². The fourth-order valence-electron chi connectivity index (χ4n) is 1.66. The van der Waals surface area contributed by atoms with Crippen molar-refractivity contribution in [1.29, 1.82) is 0 Å². The quantitative estimate of drug-likeness (QED) is 0.710. The molecule has 114 valence electrons. The van der Waals surface area contributed by atoms with Crippen molar-refractivity contribution in [3.8, 4) is 0 Å². The van der Waals surface area contributed by atoms with E-state index < -0.39 is 17.9 Å². The number of aliphatic carboxylic acids is 1. The predicted octanol–water partition coefficient (Wildman–Crippen LogP) is 1.36. The fourth-order valence-corrected chi connectivity index (χ4v) is 2.37. The van der Waals surface area contributed by atoms with Gasteiger partial charge in [0.05, 0.1) is 11.4 Å². The minimum Gasteiger partial charge on any atom is -0.480 e. The van der Waals surface area contributed by atoms with Crippen LogP contribution in [0.15, 0.2) is 30.2 Å². The van der Waals surface area contributed by atoms with E-state index in [0.717, 1.165) is 0 Å². The summed E-state index contributed by atoms with van der Waals surface area (Å²) in [6, 6.07) is 2.45. The van der Waals surface area contributed by atoms with Gasteiger partial charge in [0.25, 0.3) is 5.91 Å². The first-order chi connectivity index (χ1) is 9.95. The first-order valence-corrected chi connectivity index (χ1v) is 7.25. The Morgan fingerprint density at radius 2 is 2.24 bits per heavy atom. The lowest BCUT2D eigenvalue weighted by molar-refractivity contribution is -0.142. The molecule has 6 nitrogen and oxygen atoms in total. The fraction of sp³-hybridized carbons (Fsp3) is 0.357. The Morgan fingerprint density at radius 3 is 2.76 bits per heavy atom. The zero-order valence-electron chi connectivity index (χ0n) is 11.7. The number of amides is 2. The second-order valence-corrected chi connectivity index (χ2v) is 5.41. The summed E-state index contributed by atoms with van der Waals surface area (Å²) in [6.45, 7) is 3.33. The van der Waals surface area contributed by atoms with Gasteiger partial charge in [0.15, 0.2) is 0 Å². The number of carboxylic acid groups (broad SMARTS) is 1. The highest BCUT2D eigenvalue weighted by Crippen LogP contribution is 2.10. The standard InChI is InChI=1S/C14H18N2O4S/c1-3-4-6-10(14(19)20)15-12(17)9-16(2)13(18)11-7-5-8-21-11/h3,5,7-8,10H,1,4,6,9H2,2H3,(H,15,17)(H,19,20). The molecule has 0 saturated carbocycles. The molecule has 0 spiro atoms. The molecule has 1 atom stereocenters. The van der Waals surface area contributed by atoms with E-state index in [9.17, 15) is 14.4 Å². The first kappa shape index (κ1) is 16.9. The number of rotatable bonds is 8. The number of carbonyl (C=O) groups is 3. The van der Waals surface area contributed by atoms with Gasteiger partial charge in [0, 0.05) is 7.05 Å². The van der Waals surface area contributed by atoms with Gasteiger partial charge in [-0.1, -0.05) is 12.1 Å². The molecule has 0 saturated heterocycles. The van der Waals surface area contributed by atoms with Gasteiger partial charge in [-0.2, -0.15) is 0 Å². The van der Waals surface area contributed by atoms with Crippen molar-refractivity contribution in [2.75, 3.05) is 13.6 Å². The molecule has 0 aromatic carbocycles. The Hall–Kier alpha value is -2.15. The van der Waals surface area contributed by atoms with Gasteiger partial charge in [0.2, 0.25) is 5.91 Å². The van der Waals surface area contributed by atoms with Gasteiger partial charge >= 0.3 is 5.97 Å². The van der Waals surface area contributed by atoms with Crippen molar-refractivity contribution in [2.45, 2.75) is 18.9 Å². The van der Waals surface area contributed by atoms with Crippen molar-refractivity contribution < 1.29 is 19.5 Å². The van der Waals surface area contributed by atoms with E-state index in [-0.39, 0.29) is 18.9 Å². The largest absolute Gasteiger partial charge is 0.480 e. The summed E-state index contributed by atoms with van der Waals surface area (Å²) >= 11 is 1.29. The molecule has 21 heavy (non-hydrogen) atoms. The van der Waals surface area contributed by atoms with Crippen LogP contribution in [0, 0.1) is 0 Å². The lowest BCUT2D eigenvalue weighted by Crippen LogP contribution is -2.45. The van der Waals surface area contributed by atoms with E-state index in [2.05, 4.69) is 11.9 Å². The topological polar surface area (TPSA) is 86.7 Å². The van der Waals surface area contributed by atoms with Crippen molar-refractivity contribution in [3.63, 3.8) is 0 Å². The van der Waals surface area contributed by atoms with E-state index in [0.29, 0.717) is 11.3 Å². The summed E-state index contributed by atoms with van der Waals surface area (Å²) in [7, 11) is 1.50. The lowest BCUT2D eigenvalue weighted by atomic mass is 10.1. The SMILES string of the molecule is C=CCCC(NC(=O)CN(C)C(=O)c1cccs1)C(=O)O. The summed E-state index contributed by atoms with van der Waals surface area (Å²) < 4.78 is 0. The molecule has 0 bridgehead atoms. The van der Waals surface area contributed by atoms with Gasteiger partial charge in [0.1, 0.15) is 6.04 Å². The molecule has 1 unspecified atom stereocenters. The van der Waals surface area contributed by atoms with Crippen LogP contribution in [0.1, 0.15) is 22.5 Å². The minimum absolute atomic E-state index is 0.186. The normalized spacial score (nSPS) is 11.5. The third kappa shape index (κ3) is 5.39. The van der Waals surface area contributed by atoms with Crippen LogP contribution in [0.4, 0.5) is 0 Å². The molecule has 7 heteroatoms. The van der Waals surface area contributed by atoms with Crippen LogP contribution in [0.3, 0.4) is 0 Å². The number of carboxylic acids is 1. The number of nitrogens with one attached hydrogen (secondary N) is 1. The molecule has 1 rings (SSSR count). The van der Waals surface area contributed by atoms with Gasteiger partial charge in [-0.3, -0.25) is 9.59 Å². The number of hydrogen-bond donors (Lipinski definition) is 2. The van der Waals surface area contributed by atoms with E-state index in [1.807, 2.05) is 0 Å². The van der Waals surface area contributed by atoms with E-state index in [1.165, 1.54) is 23.3 Å². The lowest BCUT2D eigenvalue weighted by Gasteiger charge is -2.18. The highest BCUT2D eigenvalue weighted by molar-refractivity contribution is 7.12. The van der Waals surface area contributed by atoms with Crippen molar-refractivity contribution in [3.05, 3.63) is 35.0 Å². The van der Waals surface area contributed by atoms with Crippen molar-refractivity contribution in [2.24, 2.45) is 0 Å². The highest BCUT2D eigenvalue weighted by atomic mass is 32.1. The van der Waals surface area contributed by atoms with Crippen LogP contribution in [0.2, 0.25) is 0 Å². The maximum Gasteiger partial charge on any atom is 0.326 e. The zero-order valence-corrected chi connectivity index (χ0v) is 12.6. The molecule has 0 aliphatic heterocycles. The summed E-state index contributed by atoms with van der Waals surface area (Å²) in [6.07, 6.45) is 2.35. The van der Waals surface area contributed by atoms with Crippen LogP contribution in [-0.2, 0) is 9.59 Å². The van der Waals surface area contributed by atoms with Gasteiger partial charge < -0.3 is 15.3 Å². The monoisotopic (exact) mass is 310 g/mol. The Labute approximate surface area is 127 Å². The number of likely N-dealkylation sites (N-methyl/N-ethyl adjacent to an activating group) is 1. The molecule has 2 N–H and O–H groups in total. The second kappa shape index (κ2) is 8.21. The van der Waals surface area contributed by atoms with Gasteiger partial charge in [-0.25, -0.2) is 4.79 Å². The second-order valence-electron chi connectivity index (χ2n) is 4.46. The van der Waals surface area contributed by atoms with Crippen LogP contribution >= 0.6 is 11.3 Å². The van der Waals surface area contributed by atoms with Gasteiger partial charge in [-0.15, -0.1) is 17.9 Å². The van der Waals surface area contributed by atoms with E-state index in [4.69, 9.17) is 5.11 Å². The Balaban J connectivity index is 2.53. The third-order valence-corrected chi connectivity index (χ3v) is 3.61. The molecular weight excluding hydrogens is 292 g/mol. The molecule has 1 heterocycles.